The van der Waals surface area contributed by atoms with Crippen LogP contribution in [0.15, 0.2) is 18.2 Å². The first-order chi connectivity index (χ1) is 9.62. The molecule has 6 heteroatoms. The van der Waals surface area contributed by atoms with Gasteiger partial charge in [-0.15, -0.1) is 10.2 Å². The van der Waals surface area contributed by atoms with Gasteiger partial charge in [0.1, 0.15) is 5.52 Å². The van der Waals surface area contributed by atoms with E-state index in [4.69, 9.17) is 0 Å². The normalized spacial score (nSPS) is 16.1. The quantitative estimate of drug-likeness (QED) is 0.861. The van der Waals surface area contributed by atoms with Crippen LogP contribution in [0.1, 0.15) is 29.0 Å². The average molecular weight is 272 g/mol. The van der Waals surface area contributed by atoms with Crippen molar-refractivity contribution in [1.82, 2.24) is 20.5 Å². The number of amides is 1. The van der Waals surface area contributed by atoms with Crippen molar-refractivity contribution < 1.29 is 9.90 Å². The van der Waals surface area contributed by atoms with E-state index in [1.165, 1.54) is 0 Å². The summed E-state index contributed by atoms with van der Waals surface area (Å²) in [7, 11) is 0. The molecule has 1 fully saturated rings. The van der Waals surface area contributed by atoms with Crippen molar-refractivity contribution in [2.45, 2.75) is 19.8 Å². The van der Waals surface area contributed by atoms with Gasteiger partial charge in [-0.2, -0.15) is 0 Å². The Morgan fingerprint density at radius 1 is 1.35 bits per heavy atom. The van der Waals surface area contributed by atoms with Crippen molar-refractivity contribution in [3.63, 3.8) is 0 Å². The number of hydrogen-bond acceptors (Lipinski definition) is 5. The number of aliphatic hydroxyl groups is 1. The van der Waals surface area contributed by atoms with Crippen molar-refractivity contribution in [1.29, 1.82) is 0 Å². The fourth-order valence-corrected chi connectivity index (χ4v) is 2.06. The molecule has 0 bridgehead atoms. The summed E-state index contributed by atoms with van der Waals surface area (Å²) in [6, 6.07) is 5.63. The summed E-state index contributed by atoms with van der Waals surface area (Å²) in [6.45, 7) is 2.51. The number of nitrogens with zero attached hydrogens (tertiary/aromatic N) is 3. The molecule has 1 saturated carbocycles. The second kappa shape index (κ2) is 4.79. The van der Waals surface area contributed by atoms with Crippen LogP contribution in [0.5, 0.6) is 0 Å². The van der Waals surface area contributed by atoms with Crippen LogP contribution in [-0.4, -0.2) is 39.3 Å². The molecule has 6 nitrogen and oxygen atoms in total. The molecule has 1 aromatic heterocycles. The van der Waals surface area contributed by atoms with Crippen LogP contribution in [-0.2, 0) is 0 Å². The zero-order valence-electron chi connectivity index (χ0n) is 11.3. The molecule has 0 radical (unpaired) electrons. The van der Waals surface area contributed by atoms with Crippen LogP contribution in [0.2, 0.25) is 0 Å². The fourth-order valence-electron chi connectivity index (χ4n) is 2.06. The first kappa shape index (κ1) is 12.9. The van der Waals surface area contributed by atoms with Gasteiger partial charge in [-0.3, -0.25) is 4.79 Å². The molecular formula is C14H16N4O2. The monoisotopic (exact) mass is 272 g/mol. The third-order valence-electron chi connectivity index (χ3n) is 3.73. The molecule has 2 aromatic rings. The van der Waals surface area contributed by atoms with Crippen molar-refractivity contribution >= 4 is 16.9 Å². The topological polar surface area (TPSA) is 88.0 Å². The zero-order valence-corrected chi connectivity index (χ0v) is 11.3. The molecule has 0 atom stereocenters. The SMILES string of the molecule is Cc1ccc2nnc(C(=O)NCC3(CO)CC3)nc2c1. The number of rotatable bonds is 4. The summed E-state index contributed by atoms with van der Waals surface area (Å²) in [5.74, 6) is -0.280. The molecule has 3 rings (SSSR count). The Balaban J connectivity index is 1.77. The number of carbonyl (C=O) groups excluding carboxylic acids is 1. The molecule has 1 amide bonds. The van der Waals surface area contributed by atoms with E-state index in [9.17, 15) is 9.90 Å². The summed E-state index contributed by atoms with van der Waals surface area (Å²) in [6.07, 6.45) is 1.89. The first-order valence-electron chi connectivity index (χ1n) is 6.62. The molecule has 1 aliphatic rings. The highest BCUT2D eigenvalue weighted by Gasteiger charge is 2.42. The predicted octanol–water partition coefficient (Wildman–Crippen LogP) is 0.836. The largest absolute Gasteiger partial charge is 0.396 e. The lowest BCUT2D eigenvalue weighted by molar-refractivity contribution is 0.0924. The Hall–Kier alpha value is -2.08. The van der Waals surface area contributed by atoms with E-state index in [1.807, 2.05) is 25.1 Å². The minimum absolute atomic E-state index is 0.0665. The molecule has 1 aromatic carbocycles. The highest BCUT2D eigenvalue weighted by atomic mass is 16.3. The van der Waals surface area contributed by atoms with Crippen molar-refractivity contribution in [2.75, 3.05) is 13.2 Å². The Kier molecular flexibility index (Phi) is 3.10. The number of aryl methyl sites for hydroxylation is 1. The van der Waals surface area contributed by atoms with E-state index in [-0.39, 0.29) is 23.8 Å². The fraction of sp³-hybridized carbons (Fsp3) is 0.429. The van der Waals surface area contributed by atoms with Crippen LogP contribution in [0.3, 0.4) is 0 Å². The van der Waals surface area contributed by atoms with Gasteiger partial charge in [-0.05, 0) is 37.5 Å². The standard InChI is InChI=1S/C14H16N4O2/c1-9-2-3-10-11(6-9)16-12(18-17-10)13(20)15-7-14(8-19)4-5-14/h2-3,6,19H,4-5,7-8H2,1H3,(H,15,20). The summed E-state index contributed by atoms with van der Waals surface area (Å²) in [5.41, 5.74) is 2.26. The van der Waals surface area contributed by atoms with E-state index < -0.39 is 0 Å². The van der Waals surface area contributed by atoms with Gasteiger partial charge in [0.25, 0.3) is 5.91 Å². The van der Waals surface area contributed by atoms with Crippen molar-refractivity contribution in [3.8, 4) is 0 Å². The van der Waals surface area contributed by atoms with E-state index in [1.54, 1.807) is 0 Å². The predicted molar refractivity (Wildman–Crippen MR) is 73.2 cm³/mol. The van der Waals surface area contributed by atoms with Crippen LogP contribution in [0.4, 0.5) is 0 Å². The molecule has 0 saturated heterocycles. The van der Waals surface area contributed by atoms with Gasteiger partial charge in [-0.25, -0.2) is 4.98 Å². The van der Waals surface area contributed by atoms with Crippen LogP contribution < -0.4 is 5.32 Å². The van der Waals surface area contributed by atoms with Crippen molar-refractivity contribution in [2.24, 2.45) is 5.41 Å². The number of aliphatic hydroxyl groups excluding tert-OH is 1. The summed E-state index contributed by atoms with van der Waals surface area (Å²) >= 11 is 0. The molecule has 0 aliphatic heterocycles. The minimum atomic E-state index is -0.347. The first-order valence-corrected chi connectivity index (χ1v) is 6.62. The molecule has 1 heterocycles. The summed E-state index contributed by atoms with van der Waals surface area (Å²) in [4.78, 5) is 16.2. The lowest BCUT2D eigenvalue weighted by Gasteiger charge is -2.11. The number of aromatic nitrogens is 3. The Bertz CT molecular complexity index is 667. The third-order valence-corrected chi connectivity index (χ3v) is 3.73. The Morgan fingerprint density at radius 3 is 2.85 bits per heavy atom. The van der Waals surface area contributed by atoms with Gasteiger partial charge in [0.2, 0.25) is 5.82 Å². The molecular weight excluding hydrogens is 256 g/mol. The number of benzene rings is 1. The molecule has 0 spiro atoms. The van der Waals surface area contributed by atoms with Gasteiger partial charge in [0.05, 0.1) is 12.1 Å². The number of nitrogens with one attached hydrogen (secondary N) is 1. The second-order valence-corrected chi connectivity index (χ2v) is 5.47. The van der Waals surface area contributed by atoms with Gasteiger partial charge < -0.3 is 10.4 Å². The number of hydrogen-bond donors (Lipinski definition) is 2. The van der Waals surface area contributed by atoms with Crippen LogP contribution in [0, 0.1) is 12.3 Å². The molecule has 0 unspecified atom stereocenters. The number of carbonyl (C=O) groups is 1. The average Bonchev–Trinajstić information content (AvgIpc) is 3.24. The van der Waals surface area contributed by atoms with Gasteiger partial charge in [0.15, 0.2) is 0 Å². The number of fused-ring (bicyclic) bond motifs is 1. The highest BCUT2D eigenvalue weighted by Crippen LogP contribution is 2.44. The van der Waals surface area contributed by atoms with Crippen LogP contribution >= 0.6 is 0 Å². The minimum Gasteiger partial charge on any atom is -0.396 e. The zero-order chi connectivity index (χ0) is 14.2. The maximum Gasteiger partial charge on any atom is 0.291 e. The molecule has 2 N–H and O–H groups in total. The molecule has 104 valence electrons. The summed E-state index contributed by atoms with van der Waals surface area (Å²) < 4.78 is 0. The van der Waals surface area contributed by atoms with E-state index in [0.717, 1.165) is 18.4 Å². The second-order valence-electron chi connectivity index (χ2n) is 5.47. The summed E-state index contributed by atoms with van der Waals surface area (Å²) in [5, 5.41) is 19.8. The van der Waals surface area contributed by atoms with Crippen molar-refractivity contribution in [3.05, 3.63) is 29.6 Å². The van der Waals surface area contributed by atoms with E-state index in [0.29, 0.717) is 17.6 Å². The van der Waals surface area contributed by atoms with Gasteiger partial charge in [-0.1, -0.05) is 6.07 Å². The van der Waals surface area contributed by atoms with Gasteiger partial charge >= 0.3 is 0 Å². The molecule has 20 heavy (non-hydrogen) atoms. The van der Waals surface area contributed by atoms with E-state index >= 15 is 0 Å². The maximum absolute atomic E-state index is 12.0. The van der Waals surface area contributed by atoms with Gasteiger partial charge in [0, 0.05) is 12.0 Å². The maximum atomic E-state index is 12.0. The lowest BCUT2D eigenvalue weighted by Crippen LogP contribution is -2.33. The Morgan fingerprint density at radius 2 is 2.15 bits per heavy atom. The Labute approximate surface area is 116 Å². The third kappa shape index (κ3) is 2.46. The molecule has 1 aliphatic carbocycles. The van der Waals surface area contributed by atoms with Crippen LogP contribution in [0.25, 0.3) is 11.0 Å². The lowest BCUT2D eigenvalue weighted by atomic mass is 10.1. The smallest absolute Gasteiger partial charge is 0.291 e. The highest BCUT2D eigenvalue weighted by molar-refractivity contribution is 5.91. The van der Waals surface area contributed by atoms with E-state index in [2.05, 4.69) is 20.5 Å².